The van der Waals surface area contributed by atoms with Crippen LogP contribution in [0.3, 0.4) is 0 Å². The number of ether oxygens (including phenoxy) is 2. The van der Waals surface area contributed by atoms with Crippen LogP contribution >= 0.6 is 11.8 Å². The Bertz CT molecular complexity index is 865. The first kappa shape index (κ1) is 21.3. The Morgan fingerprint density at radius 3 is 2.59 bits per heavy atom. The first-order valence-electron chi connectivity index (χ1n) is 9.64. The summed E-state index contributed by atoms with van der Waals surface area (Å²) >= 11 is 1.72. The van der Waals surface area contributed by atoms with Crippen LogP contribution in [0.4, 0.5) is 4.79 Å². The maximum absolute atomic E-state index is 11.8. The van der Waals surface area contributed by atoms with Gasteiger partial charge < -0.3 is 14.4 Å². The largest absolute Gasteiger partial charge is 0.494 e. The Labute approximate surface area is 177 Å². The fraction of sp³-hybridized carbons (Fsp3) is 0.348. The molecule has 0 spiro atoms. The SMILES string of the molecule is CSc1ccc(OCC[C@H]2c3ccc(OC(=O)N(C)C)cc3C=CCN2C)cc1. The van der Waals surface area contributed by atoms with E-state index >= 15 is 0 Å². The van der Waals surface area contributed by atoms with Gasteiger partial charge in [-0.15, -0.1) is 11.8 Å². The number of rotatable bonds is 6. The van der Waals surface area contributed by atoms with Crippen molar-refractivity contribution in [3.63, 3.8) is 0 Å². The van der Waals surface area contributed by atoms with E-state index in [1.54, 1.807) is 25.9 Å². The molecule has 29 heavy (non-hydrogen) atoms. The van der Waals surface area contributed by atoms with Crippen molar-refractivity contribution < 1.29 is 14.3 Å². The molecule has 6 heteroatoms. The lowest BCUT2D eigenvalue weighted by atomic mass is 9.97. The van der Waals surface area contributed by atoms with Crippen molar-refractivity contribution in [2.45, 2.75) is 17.4 Å². The van der Waals surface area contributed by atoms with E-state index in [0.29, 0.717) is 12.4 Å². The molecule has 0 saturated heterocycles. The number of hydrogen-bond acceptors (Lipinski definition) is 5. The van der Waals surface area contributed by atoms with E-state index in [9.17, 15) is 4.79 Å². The minimum atomic E-state index is -0.378. The topological polar surface area (TPSA) is 42.0 Å². The summed E-state index contributed by atoms with van der Waals surface area (Å²) in [6.45, 7) is 1.49. The van der Waals surface area contributed by atoms with Crippen LogP contribution in [0.15, 0.2) is 53.4 Å². The minimum absolute atomic E-state index is 0.226. The van der Waals surface area contributed by atoms with Gasteiger partial charge in [-0.2, -0.15) is 0 Å². The maximum atomic E-state index is 11.8. The molecular formula is C23H28N2O3S. The molecule has 0 fully saturated rings. The number of nitrogens with zero attached hydrogens (tertiary/aromatic N) is 2. The van der Waals surface area contributed by atoms with E-state index in [2.05, 4.69) is 48.6 Å². The molecule has 154 valence electrons. The Morgan fingerprint density at radius 1 is 1.17 bits per heavy atom. The van der Waals surface area contributed by atoms with Crippen molar-refractivity contribution in [3.8, 4) is 11.5 Å². The molecule has 3 rings (SSSR count). The summed E-state index contributed by atoms with van der Waals surface area (Å²) in [7, 11) is 5.47. The number of benzene rings is 2. The molecular weight excluding hydrogens is 384 g/mol. The number of likely N-dealkylation sites (N-methyl/N-ethyl adjacent to an activating group) is 1. The highest BCUT2D eigenvalue weighted by atomic mass is 32.2. The van der Waals surface area contributed by atoms with Gasteiger partial charge in [0.25, 0.3) is 0 Å². The van der Waals surface area contributed by atoms with E-state index in [0.717, 1.165) is 24.3 Å². The molecule has 0 unspecified atom stereocenters. The van der Waals surface area contributed by atoms with Crippen LogP contribution in [0.25, 0.3) is 6.08 Å². The summed E-state index contributed by atoms with van der Waals surface area (Å²) in [5.41, 5.74) is 2.29. The lowest BCUT2D eigenvalue weighted by Gasteiger charge is -2.27. The fourth-order valence-electron chi connectivity index (χ4n) is 3.30. The van der Waals surface area contributed by atoms with Crippen molar-refractivity contribution in [1.82, 2.24) is 9.80 Å². The highest BCUT2D eigenvalue weighted by Crippen LogP contribution is 2.32. The first-order valence-corrected chi connectivity index (χ1v) is 10.9. The highest BCUT2D eigenvalue weighted by molar-refractivity contribution is 7.98. The summed E-state index contributed by atoms with van der Waals surface area (Å²) in [6.07, 6.45) is 6.79. The predicted molar refractivity (Wildman–Crippen MR) is 119 cm³/mol. The number of carbonyl (C=O) groups is 1. The summed E-state index contributed by atoms with van der Waals surface area (Å²) in [4.78, 5) is 16.8. The molecule has 0 saturated carbocycles. The molecule has 1 aliphatic heterocycles. The monoisotopic (exact) mass is 412 g/mol. The average molecular weight is 413 g/mol. The van der Waals surface area contributed by atoms with Gasteiger partial charge in [0.05, 0.1) is 6.61 Å². The van der Waals surface area contributed by atoms with Crippen LogP contribution < -0.4 is 9.47 Å². The lowest BCUT2D eigenvalue weighted by Crippen LogP contribution is -2.26. The quantitative estimate of drug-likeness (QED) is 0.629. The van der Waals surface area contributed by atoms with Crippen LogP contribution in [0, 0.1) is 0 Å². The Hall–Kier alpha value is -2.44. The van der Waals surface area contributed by atoms with Crippen molar-refractivity contribution in [2.24, 2.45) is 0 Å². The molecule has 0 radical (unpaired) electrons. The number of fused-ring (bicyclic) bond motifs is 1. The molecule has 1 amide bonds. The second kappa shape index (κ2) is 9.85. The standard InChI is InChI=1S/C23H28N2O3S/c1-24(2)23(26)28-19-9-12-21-17(16-19)6-5-14-25(3)22(21)13-15-27-18-7-10-20(29-4)11-8-18/h5-12,16,22H,13-15H2,1-4H3/t22-/m0/s1. The third-order valence-electron chi connectivity index (χ3n) is 4.93. The van der Waals surface area contributed by atoms with Gasteiger partial charge in [0, 0.05) is 38.0 Å². The van der Waals surface area contributed by atoms with Gasteiger partial charge in [-0.25, -0.2) is 4.79 Å². The van der Waals surface area contributed by atoms with Crippen molar-refractivity contribution in [1.29, 1.82) is 0 Å². The van der Waals surface area contributed by atoms with Crippen LogP contribution in [-0.2, 0) is 0 Å². The zero-order valence-electron chi connectivity index (χ0n) is 17.4. The van der Waals surface area contributed by atoms with Crippen molar-refractivity contribution in [2.75, 3.05) is 40.6 Å². The van der Waals surface area contributed by atoms with E-state index in [1.807, 2.05) is 24.3 Å². The van der Waals surface area contributed by atoms with Crippen LogP contribution in [-0.4, -0.2) is 56.4 Å². The van der Waals surface area contributed by atoms with Gasteiger partial charge in [-0.1, -0.05) is 18.2 Å². The van der Waals surface area contributed by atoms with Gasteiger partial charge in [-0.3, -0.25) is 4.90 Å². The van der Waals surface area contributed by atoms with E-state index in [1.165, 1.54) is 15.4 Å². The molecule has 1 atom stereocenters. The van der Waals surface area contributed by atoms with Gasteiger partial charge in [0.2, 0.25) is 0 Å². The van der Waals surface area contributed by atoms with Crippen molar-refractivity contribution in [3.05, 3.63) is 59.7 Å². The number of amides is 1. The third kappa shape index (κ3) is 5.55. The van der Waals surface area contributed by atoms with Crippen LogP contribution in [0.2, 0.25) is 0 Å². The van der Waals surface area contributed by atoms with Gasteiger partial charge in [-0.05, 0) is 60.8 Å². The van der Waals surface area contributed by atoms with Crippen LogP contribution in [0.5, 0.6) is 11.5 Å². The number of carbonyl (C=O) groups excluding carboxylic acids is 1. The van der Waals surface area contributed by atoms with Crippen LogP contribution in [0.1, 0.15) is 23.6 Å². The molecule has 1 heterocycles. The van der Waals surface area contributed by atoms with E-state index in [-0.39, 0.29) is 12.1 Å². The van der Waals surface area contributed by atoms with E-state index in [4.69, 9.17) is 9.47 Å². The second-order valence-electron chi connectivity index (χ2n) is 7.22. The van der Waals surface area contributed by atoms with Gasteiger partial charge in [0.1, 0.15) is 11.5 Å². The zero-order valence-corrected chi connectivity index (χ0v) is 18.2. The Kier molecular flexibility index (Phi) is 7.23. The molecule has 1 aliphatic rings. The maximum Gasteiger partial charge on any atom is 0.414 e. The molecule has 0 bridgehead atoms. The predicted octanol–water partition coefficient (Wildman–Crippen LogP) is 4.94. The molecule has 0 N–H and O–H groups in total. The van der Waals surface area contributed by atoms with Crippen molar-refractivity contribution >= 4 is 23.9 Å². The smallest absolute Gasteiger partial charge is 0.414 e. The molecule has 0 aliphatic carbocycles. The Morgan fingerprint density at radius 2 is 1.90 bits per heavy atom. The summed E-state index contributed by atoms with van der Waals surface area (Å²) in [6, 6.07) is 14.3. The average Bonchev–Trinajstić information content (AvgIpc) is 2.87. The fourth-order valence-corrected chi connectivity index (χ4v) is 3.71. The molecule has 0 aromatic heterocycles. The van der Waals surface area contributed by atoms with Gasteiger partial charge >= 0.3 is 6.09 Å². The molecule has 2 aromatic carbocycles. The molecule has 5 nitrogen and oxygen atoms in total. The number of hydrogen-bond donors (Lipinski definition) is 0. The molecule has 2 aromatic rings. The lowest BCUT2D eigenvalue weighted by molar-refractivity contribution is 0.172. The van der Waals surface area contributed by atoms with E-state index < -0.39 is 0 Å². The zero-order chi connectivity index (χ0) is 20.8. The summed E-state index contributed by atoms with van der Waals surface area (Å²) in [5, 5.41) is 0. The summed E-state index contributed by atoms with van der Waals surface area (Å²) in [5.74, 6) is 1.45. The minimum Gasteiger partial charge on any atom is -0.494 e. The summed E-state index contributed by atoms with van der Waals surface area (Å²) < 4.78 is 11.4. The second-order valence-corrected chi connectivity index (χ2v) is 8.10. The normalized spacial score (nSPS) is 16.1. The number of thioether (sulfide) groups is 1. The highest BCUT2D eigenvalue weighted by Gasteiger charge is 2.22. The Balaban J connectivity index is 1.69. The first-order chi connectivity index (χ1) is 14.0. The van der Waals surface area contributed by atoms with Gasteiger partial charge in [0.15, 0.2) is 0 Å². The third-order valence-corrected chi connectivity index (χ3v) is 5.67.